The summed E-state index contributed by atoms with van der Waals surface area (Å²) in [6.45, 7) is 7.29. The smallest absolute Gasteiger partial charge is 0.243 e. The predicted octanol–water partition coefficient (Wildman–Crippen LogP) is 4.23. The lowest BCUT2D eigenvalue weighted by Gasteiger charge is -2.26. The van der Waals surface area contributed by atoms with Gasteiger partial charge in [0.25, 0.3) is 0 Å². The summed E-state index contributed by atoms with van der Waals surface area (Å²) in [5.74, 6) is 0.938. The van der Waals surface area contributed by atoms with Crippen molar-refractivity contribution in [2.45, 2.75) is 57.5 Å². The minimum absolute atomic E-state index is 0.124. The Morgan fingerprint density at radius 1 is 1.06 bits per heavy atom. The Hall–Kier alpha value is -2.58. The number of rotatable bonds is 9. The highest BCUT2D eigenvalue weighted by Gasteiger charge is 2.27. The van der Waals surface area contributed by atoms with E-state index in [0.29, 0.717) is 31.1 Å². The maximum atomic E-state index is 13.1. The SMILES string of the molecule is CCOc1ccc(CC(=O)Nc2cc(S(=O)(=O)N3CCCCC3)ccc2OC(C)C)cc1. The molecule has 2 aromatic rings. The molecule has 2 aromatic carbocycles. The molecular weight excluding hydrogens is 428 g/mol. The van der Waals surface area contributed by atoms with Crippen molar-refractivity contribution in [3.8, 4) is 11.5 Å². The van der Waals surface area contributed by atoms with E-state index in [9.17, 15) is 13.2 Å². The largest absolute Gasteiger partial charge is 0.494 e. The molecule has 0 unspecified atom stereocenters. The first-order chi connectivity index (χ1) is 15.3. The minimum atomic E-state index is -3.62. The Bertz CT molecular complexity index is 1010. The van der Waals surface area contributed by atoms with Gasteiger partial charge in [-0.15, -0.1) is 0 Å². The zero-order valence-corrected chi connectivity index (χ0v) is 19.8. The average Bonchev–Trinajstić information content (AvgIpc) is 2.76. The number of ether oxygens (including phenoxy) is 2. The molecule has 0 saturated carbocycles. The van der Waals surface area contributed by atoms with E-state index >= 15 is 0 Å². The zero-order chi connectivity index (χ0) is 23.1. The first-order valence-electron chi connectivity index (χ1n) is 11.1. The maximum absolute atomic E-state index is 13.1. The van der Waals surface area contributed by atoms with Gasteiger partial charge in [0.2, 0.25) is 15.9 Å². The molecule has 32 heavy (non-hydrogen) atoms. The molecule has 1 fully saturated rings. The molecule has 0 radical (unpaired) electrons. The van der Waals surface area contributed by atoms with Crippen LogP contribution in [-0.4, -0.2) is 44.4 Å². The molecule has 1 amide bonds. The number of nitrogens with zero attached hydrogens (tertiary/aromatic N) is 1. The van der Waals surface area contributed by atoms with Crippen LogP contribution in [0.15, 0.2) is 47.4 Å². The van der Waals surface area contributed by atoms with E-state index in [0.717, 1.165) is 30.6 Å². The lowest BCUT2D eigenvalue weighted by molar-refractivity contribution is -0.115. The molecule has 0 bridgehead atoms. The Labute approximate surface area is 190 Å². The van der Waals surface area contributed by atoms with Crippen LogP contribution in [0.1, 0.15) is 45.6 Å². The van der Waals surface area contributed by atoms with Crippen LogP contribution in [0.2, 0.25) is 0 Å². The van der Waals surface area contributed by atoms with Gasteiger partial charge in [0.05, 0.1) is 29.7 Å². The fourth-order valence-electron chi connectivity index (χ4n) is 3.63. The van der Waals surface area contributed by atoms with Gasteiger partial charge >= 0.3 is 0 Å². The molecule has 174 valence electrons. The zero-order valence-electron chi connectivity index (χ0n) is 19.0. The van der Waals surface area contributed by atoms with Gasteiger partial charge in [0, 0.05) is 13.1 Å². The van der Waals surface area contributed by atoms with Crippen LogP contribution in [-0.2, 0) is 21.2 Å². The Balaban J connectivity index is 1.80. The Morgan fingerprint density at radius 3 is 2.38 bits per heavy atom. The summed E-state index contributed by atoms with van der Waals surface area (Å²) in [6.07, 6.45) is 2.79. The lowest BCUT2D eigenvalue weighted by Crippen LogP contribution is -2.35. The highest BCUT2D eigenvalue weighted by Crippen LogP contribution is 2.31. The number of hydrogen-bond donors (Lipinski definition) is 1. The molecule has 1 N–H and O–H groups in total. The molecular formula is C24H32N2O5S. The number of carbonyl (C=O) groups is 1. The van der Waals surface area contributed by atoms with Crippen molar-refractivity contribution < 1.29 is 22.7 Å². The van der Waals surface area contributed by atoms with Crippen molar-refractivity contribution in [3.63, 3.8) is 0 Å². The van der Waals surface area contributed by atoms with Crippen molar-refractivity contribution in [1.82, 2.24) is 4.31 Å². The van der Waals surface area contributed by atoms with E-state index in [-0.39, 0.29) is 23.3 Å². The molecule has 0 atom stereocenters. The number of anilines is 1. The number of hydrogen-bond acceptors (Lipinski definition) is 5. The molecule has 1 aliphatic rings. The maximum Gasteiger partial charge on any atom is 0.243 e. The highest BCUT2D eigenvalue weighted by molar-refractivity contribution is 7.89. The fourth-order valence-corrected chi connectivity index (χ4v) is 5.17. The van der Waals surface area contributed by atoms with Gasteiger partial charge in [-0.25, -0.2) is 8.42 Å². The predicted molar refractivity (Wildman–Crippen MR) is 125 cm³/mol. The van der Waals surface area contributed by atoms with Crippen LogP contribution in [0.3, 0.4) is 0 Å². The van der Waals surface area contributed by atoms with Gasteiger partial charge in [-0.1, -0.05) is 18.6 Å². The normalized spacial score (nSPS) is 14.9. The summed E-state index contributed by atoms with van der Waals surface area (Å²) in [5, 5.41) is 2.84. The molecule has 0 spiro atoms. The first-order valence-corrected chi connectivity index (χ1v) is 12.6. The Morgan fingerprint density at radius 2 is 1.75 bits per heavy atom. The van der Waals surface area contributed by atoms with E-state index < -0.39 is 10.0 Å². The van der Waals surface area contributed by atoms with Crippen LogP contribution in [0.4, 0.5) is 5.69 Å². The quantitative estimate of drug-likeness (QED) is 0.605. The second-order valence-electron chi connectivity index (χ2n) is 8.09. The third-order valence-corrected chi connectivity index (χ3v) is 7.03. The lowest BCUT2D eigenvalue weighted by atomic mass is 10.1. The van der Waals surface area contributed by atoms with E-state index in [1.54, 1.807) is 12.1 Å². The Kier molecular flexibility index (Phi) is 8.15. The van der Waals surface area contributed by atoms with Crippen molar-refractivity contribution in [2.24, 2.45) is 0 Å². The molecule has 8 heteroatoms. The number of sulfonamides is 1. The monoisotopic (exact) mass is 460 g/mol. The summed E-state index contributed by atoms with van der Waals surface area (Å²) in [5.41, 5.74) is 1.18. The number of benzene rings is 2. The second-order valence-corrected chi connectivity index (χ2v) is 10.0. The number of nitrogens with one attached hydrogen (secondary N) is 1. The molecule has 7 nitrogen and oxygen atoms in total. The molecule has 1 aliphatic heterocycles. The summed E-state index contributed by atoms with van der Waals surface area (Å²) < 4.78 is 38.9. The molecule has 0 aromatic heterocycles. The summed E-state index contributed by atoms with van der Waals surface area (Å²) in [7, 11) is -3.62. The number of piperidine rings is 1. The fraction of sp³-hybridized carbons (Fsp3) is 0.458. The van der Waals surface area contributed by atoms with E-state index in [1.165, 1.54) is 10.4 Å². The second kappa shape index (κ2) is 10.8. The summed E-state index contributed by atoms with van der Waals surface area (Å²) >= 11 is 0. The molecule has 1 heterocycles. The number of amides is 1. The average molecular weight is 461 g/mol. The van der Waals surface area contributed by atoms with Gasteiger partial charge in [-0.2, -0.15) is 4.31 Å². The molecule has 1 saturated heterocycles. The van der Waals surface area contributed by atoms with Gasteiger partial charge in [-0.3, -0.25) is 4.79 Å². The van der Waals surface area contributed by atoms with E-state index in [4.69, 9.17) is 9.47 Å². The third kappa shape index (κ3) is 6.23. The van der Waals surface area contributed by atoms with E-state index in [2.05, 4.69) is 5.32 Å². The van der Waals surface area contributed by atoms with Crippen molar-refractivity contribution >= 4 is 21.6 Å². The summed E-state index contributed by atoms with van der Waals surface area (Å²) in [6, 6.07) is 12.0. The van der Waals surface area contributed by atoms with Gasteiger partial charge in [-0.05, 0) is 69.5 Å². The first kappa shape index (κ1) is 24.1. The minimum Gasteiger partial charge on any atom is -0.494 e. The van der Waals surface area contributed by atoms with Crippen molar-refractivity contribution in [2.75, 3.05) is 25.0 Å². The van der Waals surface area contributed by atoms with Crippen molar-refractivity contribution in [1.29, 1.82) is 0 Å². The third-order valence-electron chi connectivity index (χ3n) is 5.14. The highest BCUT2D eigenvalue weighted by atomic mass is 32.2. The number of carbonyl (C=O) groups excluding carboxylic acids is 1. The van der Waals surface area contributed by atoms with Gasteiger partial charge in [0.15, 0.2) is 0 Å². The molecule has 0 aliphatic carbocycles. The van der Waals surface area contributed by atoms with Gasteiger partial charge < -0.3 is 14.8 Å². The van der Waals surface area contributed by atoms with Crippen LogP contribution in [0.25, 0.3) is 0 Å². The van der Waals surface area contributed by atoms with Crippen LogP contribution >= 0.6 is 0 Å². The topological polar surface area (TPSA) is 84.9 Å². The van der Waals surface area contributed by atoms with Crippen LogP contribution in [0, 0.1) is 0 Å². The van der Waals surface area contributed by atoms with Crippen molar-refractivity contribution in [3.05, 3.63) is 48.0 Å². The van der Waals surface area contributed by atoms with Gasteiger partial charge in [0.1, 0.15) is 11.5 Å². The molecule has 3 rings (SSSR count). The van der Waals surface area contributed by atoms with Crippen LogP contribution in [0.5, 0.6) is 11.5 Å². The van der Waals surface area contributed by atoms with E-state index in [1.807, 2.05) is 45.0 Å². The standard InChI is InChI=1S/C24H32N2O5S/c1-4-30-20-10-8-19(9-11-20)16-24(27)25-22-17-21(12-13-23(22)31-18(2)3)32(28,29)26-14-6-5-7-15-26/h8-13,17-18H,4-7,14-16H2,1-3H3,(H,25,27). The summed E-state index contributed by atoms with van der Waals surface area (Å²) in [4.78, 5) is 12.9. The van der Waals surface area contributed by atoms with Crippen LogP contribution < -0.4 is 14.8 Å².